The lowest BCUT2D eigenvalue weighted by Gasteiger charge is -2.58. The fourth-order valence-electron chi connectivity index (χ4n) is 8.04. The first-order chi connectivity index (χ1) is 14.1. The van der Waals surface area contributed by atoms with E-state index in [2.05, 4.69) is 20.8 Å². The first kappa shape index (κ1) is 21.7. The van der Waals surface area contributed by atoms with Gasteiger partial charge in [0.25, 0.3) is 0 Å². The van der Waals surface area contributed by atoms with Crippen molar-refractivity contribution in [1.82, 2.24) is 0 Å². The minimum absolute atomic E-state index is 0.0417. The van der Waals surface area contributed by atoms with Crippen molar-refractivity contribution in [2.75, 3.05) is 7.11 Å². The van der Waals surface area contributed by atoms with Crippen LogP contribution in [0.1, 0.15) is 78.6 Å². The van der Waals surface area contributed by atoms with Crippen LogP contribution in [0.15, 0.2) is 0 Å². The van der Waals surface area contributed by atoms with E-state index in [1.807, 2.05) is 0 Å². The summed E-state index contributed by atoms with van der Waals surface area (Å²) in [5, 5.41) is 0. The number of rotatable bonds is 4. The molecule has 0 aromatic carbocycles. The van der Waals surface area contributed by atoms with E-state index in [-0.39, 0.29) is 52.7 Å². The van der Waals surface area contributed by atoms with Gasteiger partial charge in [-0.2, -0.15) is 0 Å². The van der Waals surface area contributed by atoms with Crippen LogP contribution in [0.5, 0.6) is 0 Å². The van der Waals surface area contributed by atoms with Crippen molar-refractivity contribution in [2.45, 2.75) is 78.6 Å². The average Bonchev–Trinajstić information content (AvgIpc) is 3.06. The maximum absolute atomic E-state index is 13.7. The highest BCUT2D eigenvalue weighted by Crippen LogP contribution is 2.66. The Morgan fingerprint density at radius 1 is 1.10 bits per heavy atom. The van der Waals surface area contributed by atoms with Gasteiger partial charge in [-0.25, -0.2) is 0 Å². The van der Waals surface area contributed by atoms with Gasteiger partial charge >= 0.3 is 5.97 Å². The lowest BCUT2D eigenvalue weighted by Crippen LogP contribution is -2.60. The average molecular weight is 417 g/mol. The topological polar surface area (TPSA) is 77.5 Å². The van der Waals surface area contributed by atoms with E-state index in [1.165, 1.54) is 7.11 Å². The summed E-state index contributed by atoms with van der Waals surface area (Å²) in [7, 11) is 1.41. The van der Waals surface area contributed by atoms with Crippen molar-refractivity contribution in [3.8, 4) is 0 Å². The van der Waals surface area contributed by atoms with Gasteiger partial charge in [0, 0.05) is 43.4 Å². The fourth-order valence-corrected chi connectivity index (χ4v) is 8.04. The molecule has 4 aliphatic rings. The molecule has 0 heterocycles. The SMILES string of the molecule is COC(=O)CC[C@@H](C)[C@H]1CCC2C3C(=O)C[C@@H]4CC(=O)CC[C@]4(C)C3CC(=O)[C@@]21C. The molecule has 0 aromatic heterocycles. The van der Waals surface area contributed by atoms with Gasteiger partial charge in [0.1, 0.15) is 17.3 Å². The molecule has 4 rings (SSSR count). The molecule has 0 spiro atoms. The van der Waals surface area contributed by atoms with Crippen LogP contribution in [0.3, 0.4) is 0 Å². The molecule has 8 atom stereocenters. The predicted molar refractivity (Wildman–Crippen MR) is 111 cm³/mol. The lowest BCUT2D eigenvalue weighted by atomic mass is 9.44. The van der Waals surface area contributed by atoms with Crippen molar-refractivity contribution in [3.05, 3.63) is 0 Å². The van der Waals surface area contributed by atoms with Crippen LogP contribution in [0, 0.1) is 46.3 Å². The molecular formula is C25H36O5. The van der Waals surface area contributed by atoms with Crippen molar-refractivity contribution in [2.24, 2.45) is 46.3 Å². The molecule has 30 heavy (non-hydrogen) atoms. The normalized spacial score (nSPS) is 44.1. The number of fused-ring (bicyclic) bond motifs is 5. The molecule has 5 nitrogen and oxygen atoms in total. The number of ether oxygens (including phenoxy) is 1. The number of esters is 1. The number of hydrogen-bond donors (Lipinski definition) is 0. The molecular weight excluding hydrogens is 380 g/mol. The smallest absolute Gasteiger partial charge is 0.305 e. The van der Waals surface area contributed by atoms with Crippen molar-refractivity contribution >= 4 is 23.3 Å². The molecule has 0 aromatic rings. The molecule has 5 heteroatoms. The molecule has 4 aliphatic carbocycles. The van der Waals surface area contributed by atoms with Crippen LogP contribution >= 0.6 is 0 Å². The Balaban J connectivity index is 1.60. The van der Waals surface area contributed by atoms with Crippen LogP contribution in [0.25, 0.3) is 0 Å². The van der Waals surface area contributed by atoms with E-state index in [0.29, 0.717) is 43.7 Å². The number of carbonyl (C=O) groups excluding carboxylic acids is 4. The van der Waals surface area contributed by atoms with Gasteiger partial charge in [-0.1, -0.05) is 20.8 Å². The summed E-state index contributed by atoms with van der Waals surface area (Å²) in [4.78, 5) is 50.7. The van der Waals surface area contributed by atoms with Gasteiger partial charge < -0.3 is 4.74 Å². The number of Topliss-reactive ketones (excluding diaryl/α,β-unsaturated/α-hetero) is 3. The Bertz CT molecular complexity index is 772. The number of ketones is 3. The maximum Gasteiger partial charge on any atom is 0.305 e. The third kappa shape index (κ3) is 3.10. The summed E-state index contributed by atoms with van der Waals surface area (Å²) in [6, 6.07) is 0. The summed E-state index contributed by atoms with van der Waals surface area (Å²) >= 11 is 0. The molecule has 0 radical (unpaired) electrons. The standard InChI is InChI=1S/C25H36O5/c1-14(5-8-22(29)30-4)17-6-7-18-23-19(13-21(28)25(17,18)3)24(2)10-9-16(26)11-15(24)12-20(23)27/h14-15,17-19,23H,5-13H2,1-4H3/t14-,15+,17-,18?,19?,23?,24+,25-/m1/s1. The van der Waals surface area contributed by atoms with Crippen molar-refractivity contribution < 1.29 is 23.9 Å². The number of methoxy groups -OCH3 is 1. The molecule has 3 unspecified atom stereocenters. The van der Waals surface area contributed by atoms with E-state index in [9.17, 15) is 19.2 Å². The summed E-state index contributed by atoms with van der Waals surface area (Å²) < 4.78 is 4.80. The van der Waals surface area contributed by atoms with E-state index < -0.39 is 5.41 Å². The second kappa shape index (κ2) is 7.56. The molecule has 4 fully saturated rings. The Morgan fingerprint density at radius 3 is 2.53 bits per heavy atom. The minimum Gasteiger partial charge on any atom is -0.469 e. The molecule has 0 saturated heterocycles. The van der Waals surface area contributed by atoms with Crippen molar-refractivity contribution in [3.63, 3.8) is 0 Å². The van der Waals surface area contributed by atoms with E-state index in [4.69, 9.17) is 4.74 Å². The van der Waals surface area contributed by atoms with Gasteiger partial charge in [0.05, 0.1) is 7.11 Å². The van der Waals surface area contributed by atoms with Crippen LogP contribution in [0.2, 0.25) is 0 Å². The summed E-state index contributed by atoms with van der Waals surface area (Å²) in [6.07, 6.45) is 5.87. The van der Waals surface area contributed by atoms with E-state index in [0.717, 1.165) is 25.7 Å². The summed E-state index contributed by atoms with van der Waals surface area (Å²) in [6.45, 7) is 6.50. The fraction of sp³-hybridized carbons (Fsp3) is 0.840. The van der Waals surface area contributed by atoms with Gasteiger partial charge in [0.15, 0.2) is 0 Å². The van der Waals surface area contributed by atoms with Gasteiger partial charge in [-0.15, -0.1) is 0 Å². The summed E-state index contributed by atoms with van der Waals surface area (Å²) in [5.41, 5.74) is -0.544. The van der Waals surface area contributed by atoms with Gasteiger partial charge in [0.2, 0.25) is 0 Å². The van der Waals surface area contributed by atoms with E-state index in [1.54, 1.807) is 0 Å². The van der Waals surface area contributed by atoms with E-state index >= 15 is 0 Å². The predicted octanol–water partition coefficient (Wildman–Crippen LogP) is 4.16. The van der Waals surface area contributed by atoms with Crippen molar-refractivity contribution in [1.29, 1.82) is 0 Å². The maximum atomic E-state index is 13.7. The quantitative estimate of drug-likeness (QED) is 0.643. The second-order valence-electron chi connectivity index (χ2n) is 11.0. The largest absolute Gasteiger partial charge is 0.469 e. The van der Waals surface area contributed by atoms with Gasteiger partial charge in [-0.3, -0.25) is 19.2 Å². The third-order valence-corrected chi connectivity index (χ3v) is 9.94. The molecule has 4 saturated carbocycles. The second-order valence-corrected chi connectivity index (χ2v) is 11.0. The Hall–Kier alpha value is -1.52. The minimum atomic E-state index is -0.472. The zero-order chi connectivity index (χ0) is 21.8. The monoisotopic (exact) mass is 416 g/mol. The van der Waals surface area contributed by atoms with Crippen LogP contribution in [0.4, 0.5) is 0 Å². The first-order valence-corrected chi connectivity index (χ1v) is 11.8. The molecule has 0 aliphatic heterocycles. The molecule has 0 bridgehead atoms. The highest BCUT2D eigenvalue weighted by atomic mass is 16.5. The number of carbonyl (C=O) groups is 4. The third-order valence-electron chi connectivity index (χ3n) is 9.94. The van der Waals surface area contributed by atoms with Gasteiger partial charge in [-0.05, 0) is 60.7 Å². The highest BCUT2D eigenvalue weighted by molar-refractivity contribution is 5.93. The Labute approximate surface area is 179 Å². The van der Waals surface area contributed by atoms with Crippen LogP contribution < -0.4 is 0 Å². The zero-order valence-electron chi connectivity index (χ0n) is 18.9. The molecule has 0 N–H and O–H groups in total. The lowest BCUT2D eigenvalue weighted by molar-refractivity contribution is -0.166. The number of hydrogen-bond acceptors (Lipinski definition) is 5. The molecule has 0 amide bonds. The first-order valence-electron chi connectivity index (χ1n) is 11.8. The Morgan fingerprint density at radius 2 is 1.83 bits per heavy atom. The highest BCUT2D eigenvalue weighted by Gasteiger charge is 2.66. The Kier molecular flexibility index (Phi) is 5.47. The van der Waals surface area contributed by atoms with Crippen LogP contribution in [-0.4, -0.2) is 30.4 Å². The summed E-state index contributed by atoms with van der Waals surface area (Å²) in [5.74, 6) is 1.41. The van der Waals surface area contributed by atoms with Crippen LogP contribution in [-0.2, 0) is 23.9 Å². The molecule has 166 valence electrons. The zero-order valence-corrected chi connectivity index (χ0v) is 18.9.